The van der Waals surface area contributed by atoms with Gasteiger partial charge in [-0.05, 0) is 24.6 Å². The molecule has 0 aliphatic heterocycles. The SMILES string of the molecule is Cc1noc(-c2ccc(Br)cc2)c1[C@H](O)CSCc1ccccc1. The molecular weight excluding hydrogens is 386 g/mol. The van der Waals surface area contributed by atoms with Crippen LogP contribution >= 0.6 is 27.7 Å². The summed E-state index contributed by atoms with van der Waals surface area (Å²) in [6, 6.07) is 18.1. The summed E-state index contributed by atoms with van der Waals surface area (Å²) in [5, 5.41) is 14.7. The van der Waals surface area contributed by atoms with Gasteiger partial charge in [-0.15, -0.1) is 0 Å². The van der Waals surface area contributed by atoms with E-state index in [0.29, 0.717) is 11.5 Å². The van der Waals surface area contributed by atoms with E-state index >= 15 is 0 Å². The van der Waals surface area contributed by atoms with E-state index in [1.165, 1.54) is 5.56 Å². The van der Waals surface area contributed by atoms with Crippen molar-refractivity contribution in [2.45, 2.75) is 18.8 Å². The smallest absolute Gasteiger partial charge is 0.172 e. The van der Waals surface area contributed by atoms with Gasteiger partial charge in [0.05, 0.1) is 17.4 Å². The van der Waals surface area contributed by atoms with Crippen molar-refractivity contribution in [3.8, 4) is 11.3 Å². The van der Waals surface area contributed by atoms with Gasteiger partial charge in [0, 0.05) is 21.5 Å². The third-order valence-corrected chi connectivity index (χ3v) is 5.35. The monoisotopic (exact) mass is 403 g/mol. The number of aryl methyl sites for hydroxylation is 1. The minimum Gasteiger partial charge on any atom is -0.387 e. The van der Waals surface area contributed by atoms with Gasteiger partial charge in [0.25, 0.3) is 0 Å². The summed E-state index contributed by atoms with van der Waals surface area (Å²) >= 11 is 5.13. The highest BCUT2D eigenvalue weighted by molar-refractivity contribution is 9.10. The van der Waals surface area contributed by atoms with Gasteiger partial charge in [0.15, 0.2) is 5.76 Å². The number of hydrogen-bond donors (Lipinski definition) is 1. The molecule has 0 aliphatic rings. The summed E-state index contributed by atoms with van der Waals surface area (Å²) < 4.78 is 6.48. The van der Waals surface area contributed by atoms with Crippen molar-refractivity contribution >= 4 is 27.7 Å². The summed E-state index contributed by atoms with van der Waals surface area (Å²) in [5.41, 5.74) is 3.68. The molecule has 24 heavy (non-hydrogen) atoms. The Morgan fingerprint density at radius 3 is 2.54 bits per heavy atom. The number of hydrogen-bond acceptors (Lipinski definition) is 4. The molecule has 2 aromatic carbocycles. The molecule has 0 unspecified atom stereocenters. The van der Waals surface area contributed by atoms with Gasteiger partial charge in [-0.3, -0.25) is 0 Å². The van der Waals surface area contributed by atoms with Crippen molar-refractivity contribution in [3.63, 3.8) is 0 Å². The Bertz CT molecular complexity index is 787. The van der Waals surface area contributed by atoms with E-state index in [0.717, 1.165) is 27.0 Å². The number of rotatable bonds is 6. The molecule has 3 rings (SSSR count). The van der Waals surface area contributed by atoms with Crippen LogP contribution < -0.4 is 0 Å². The molecule has 0 spiro atoms. The van der Waals surface area contributed by atoms with E-state index in [-0.39, 0.29) is 0 Å². The Balaban J connectivity index is 1.71. The number of benzene rings is 2. The van der Waals surface area contributed by atoms with Crippen molar-refractivity contribution in [2.24, 2.45) is 0 Å². The summed E-state index contributed by atoms with van der Waals surface area (Å²) in [5.74, 6) is 2.11. The average Bonchev–Trinajstić information content (AvgIpc) is 2.98. The summed E-state index contributed by atoms with van der Waals surface area (Å²) in [6.07, 6.45) is -0.608. The number of nitrogens with zero attached hydrogens (tertiary/aromatic N) is 1. The maximum Gasteiger partial charge on any atom is 0.172 e. The fraction of sp³-hybridized carbons (Fsp3) is 0.211. The lowest BCUT2D eigenvalue weighted by Crippen LogP contribution is -2.03. The summed E-state index contributed by atoms with van der Waals surface area (Å²) in [4.78, 5) is 0. The highest BCUT2D eigenvalue weighted by atomic mass is 79.9. The lowest BCUT2D eigenvalue weighted by Gasteiger charge is -2.11. The van der Waals surface area contributed by atoms with Crippen molar-refractivity contribution in [1.82, 2.24) is 5.16 Å². The molecule has 1 atom stereocenters. The van der Waals surface area contributed by atoms with Crippen LogP contribution in [0.2, 0.25) is 0 Å². The molecule has 124 valence electrons. The maximum atomic E-state index is 10.6. The molecule has 0 radical (unpaired) electrons. The molecule has 3 nitrogen and oxygen atoms in total. The third kappa shape index (κ3) is 4.09. The van der Waals surface area contributed by atoms with Crippen LogP contribution in [0.15, 0.2) is 63.6 Å². The number of aromatic nitrogens is 1. The first-order valence-corrected chi connectivity index (χ1v) is 9.62. The van der Waals surface area contributed by atoms with E-state index in [1.807, 2.05) is 49.4 Å². The van der Waals surface area contributed by atoms with E-state index in [1.54, 1.807) is 11.8 Å². The summed E-state index contributed by atoms with van der Waals surface area (Å²) in [6.45, 7) is 1.87. The Hall–Kier alpha value is -1.56. The van der Waals surface area contributed by atoms with E-state index in [9.17, 15) is 5.11 Å². The normalized spacial score (nSPS) is 12.3. The lowest BCUT2D eigenvalue weighted by molar-refractivity contribution is 0.203. The standard InChI is InChI=1S/C19H18BrNO2S/c1-13-18(17(22)12-24-11-14-5-3-2-4-6-14)19(23-21-13)15-7-9-16(20)10-8-15/h2-10,17,22H,11-12H2,1H3/t17-/m1/s1. The number of aliphatic hydroxyl groups is 1. The van der Waals surface area contributed by atoms with E-state index in [2.05, 4.69) is 33.2 Å². The molecular formula is C19H18BrNO2S. The molecule has 1 N–H and O–H groups in total. The number of halogens is 1. The molecule has 1 aromatic heterocycles. The Labute approximate surface area is 154 Å². The molecule has 0 amide bonds. The maximum absolute atomic E-state index is 10.6. The Morgan fingerprint density at radius 1 is 1.12 bits per heavy atom. The highest BCUT2D eigenvalue weighted by Gasteiger charge is 2.22. The van der Waals surface area contributed by atoms with Crippen LogP contribution in [0.1, 0.15) is 22.9 Å². The topological polar surface area (TPSA) is 46.3 Å². The molecule has 0 saturated heterocycles. The largest absolute Gasteiger partial charge is 0.387 e. The first-order valence-electron chi connectivity index (χ1n) is 7.67. The van der Waals surface area contributed by atoms with Gasteiger partial charge in [0.2, 0.25) is 0 Å². The molecule has 5 heteroatoms. The Morgan fingerprint density at radius 2 is 1.83 bits per heavy atom. The van der Waals surface area contributed by atoms with Crippen molar-refractivity contribution in [2.75, 3.05) is 5.75 Å². The highest BCUT2D eigenvalue weighted by Crippen LogP contribution is 2.33. The minimum absolute atomic E-state index is 0.598. The predicted molar refractivity (Wildman–Crippen MR) is 102 cm³/mol. The molecule has 3 aromatic rings. The zero-order chi connectivity index (χ0) is 16.9. The molecule has 0 aliphatic carbocycles. The van der Waals surface area contributed by atoms with Crippen LogP contribution in [0.25, 0.3) is 11.3 Å². The fourth-order valence-electron chi connectivity index (χ4n) is 2.52. The average molecular weight is 404 g/mol. The molecule has 0 bridgehead atoms. The second kappa shape index (κ2) is 8.01. The van der Waals surface area contributed by atoms with Crippen LogP contribution in [0.5, 0.6) is 0 Å². The van der Waals surface area contributed by atoms with Crippen molar-refractivity contribution in [1.29, 1.82) is 0 Å². The van der Waals surface area contributed by atoms with Gasteiger partial charge in [-0.25, -0.2) is 0 Å². The quantitative estimate of drug-likeness (QED) is 0.599. The second-order valence-electron chi connectivity index (χ2n) is 5.53. The van der Waals surface area contributed by atoms with E-state index in [4.69, 9.17) is 4.52 Å². The van der Waals surface area contributed by atoms with Crippen LogP contribution in [0.4, 0.5) is 0 Å². The molecule has 0 fully saturated rings. The minimum atomic E-state index is -0.608. The summed E-state index contributed by atoms with van der Waals surface area (Å²) in [7, 11) is 0. The predicted octanol–water partition coefficient (Wildman–Crippen LogP) is 5.38. The third-order valence-electron chi connectivity index (χ3n) is 3.74. The zero-order valence-corrected chi connectivity index (χ0v) is 15.7. The number of thioether (sulfide) groups is 1. The van der Waals surface area contributed by atoms with Crippen LogP contribution in [0.3, 0.4) is 0 Å². The zero-order valence-electron chi connectivity index (χ0n) is 13.3. The van der Waals surface area contributed by atoms with Gasteiger partial charge in [0.1, 0.15) is 0 Å². The van der Waals surface area contributed by atoms with Crippen molar-refractivity contribution < 1.29 is 9.63 Å². The molecule has 1 heterocycles. The van der Waals surface area contributed by atoms with Gasteiger partial charge >= 0.3 is 0 Å². The Kier molecular flexibility index (Phi) is 5.76. The van der Waals surface area contributed by atoms with Gasteiger partial charge in [-0.1, -0.05) is 63.6 Å². The van der Waals surface area contributed by atoms with Gasteiger partial charge in [-0.2, -0.15) is 11.8 Å². The van der Waals surface area contributed by atoms with Crippen molar-refractivity contribution in [3.05, 3.63) is 75.9 Å². The molecule has 0 saturated carbocycles. The number of aliphatic hydroxyl groups excluding tert-OH is 1. The van der Waals surface area contributed by atoms with Gasteiger partial charge < -0.3 is 9.63 Å². The van der Waals surface area contributed by atoms with Crippen LogP contribution in [-0.4, -0.2) is 16.0 Å². The lowest BCUT2D eigenvalue weighted by atomic mass is 10.0. The van der Waals surface area contributed by atoms with E-state index < -0.39 is 6.10 Å². The van der Waals surface area contributed by atoms with Crippen LogP contribution in [-0.2, 0) is 5.75 Å². The second-order valence-corrected chi connectivity index (χ2v) is 7.48. The van der Waals surface area contributed by atoms with Crippen LogP contribution in [0, 0.1) is 6.92 Å². The fourth-order valence-corrected chi connectivity index (χ4v) is 3.72. The first kappa shape index (κ1) is 17.3. The first-order chi connectivity index (χ1) is 11.6.